The second-order valence-electron chi connectivity index (χ2n) is 4.29. The Morgan fingerprint density at radius 2 is 2.06 bits per heavy atom. The van der Waals surface area contributed by atoms with Crippen molar-refractivity contribution >= 4 is 15.7 Å². The van der Waals surface area contributed by atoms with Gasteiger partial charge in [-0.3, -0.25) is 4.72 Å². The molecule has 0 heterocycles. The van der Waals surface area contributed by atoms with Crippen LogP contribution < -0.4 is 4.72 Å². The molecule has 5 nitrogen and oxygen atoms in total. The first-order valence-corrected chi connectivity index (χ1v) is 7.38. The second-order valence-corrected chi connectivity index (χ2v) is 6.13. The highest BCUT2D eigenvalue weighted by atomic mass is 32.2. The molecule has 102 valence electrons. The minimum atomic E-state index is -3.46. The Morgan fingerprint density at radius 1 is 1.39 bits per heavy atom. The highest BCUT2D eigenvalue weighted by molar-refractivity contribution is 7.92. The number of hydrogen-bond donors (Lipinski definition) is 2. The molecule has 0 aromatic heterocycles. The lowest BCUT2D eigenvalue weighted by atomic mass is 10.2. The van der Waals surface area contributed by atoms with Gasteiger partial charge in [-0.05, 0) is 32.9 Å². The standard InChI is InChI=1S/C12H19NO4S/c1-9(2)17-7-8-18(15,16)13-11-5-4-6-12(14)10(11)3/h4-6,9,13-14H,7-8H2,1-3H3. The minimum Gasteiger partial charge on any atom is -0.508 e. The number of hydrogen-bond acceptors (Lipinski definition) is 4. The monoisotopic (exact) mass is 273 g/mol. The van der Waals surface area contributed by atoms with E-state index in [-0.39, 0.29) is 24.2 Å². The van der Waals surface area contributed by atoms with E-state index in [1.54, 1.807) is 19.1 Å². The van der Waals surface area contributed by atoms with Crippen LogP contribution in [0.5, 0.6) is 5.75 Å². The summed E-state index contributed by atoms with van der Waals surface area (Å²) in [5, 5.41) is 9.49. The molecule has 0 amide bonds. The maximum Gasteiger partial charge on any atom is 0.235 e. The fraction of sp³-hybridized carbons (Fsp3) is 0.500. The summed E-state index contributed by atoms with van der Waals surface area (Å²) >= 11 is 0. The van der Waals surface area contributed by atoms with E-state index in [1.807, 2.05) is 13.8 Å². The highest BCUT2D eigenvalue weighted by Gasteiger charge is 2.13. The first-order valence-electron chi connectivity index (χ1n) is 5.72. The van der Waals surface area contributed by atoms with Gasteiger partial charge in [-0.15, -0.1) is 0 Å². The van der Waals surface area contributed by atoms with Crippen molar-refractivity contribution in [1.29, 1.82) is 0 Å². The molecule has 0 spiro atoms. The van der Waals surface area contributed by atoms with Crippen LogP contribution in [0.25, 0.3) is 0 Å². The van der Waals surface area contributed by atoms with Crippen LogP contribution >= 0.6 is 0 Å². The molecule has 6 heteroatoms. The Bertz CT molecular complexity index is 497. The molecule has 0 saturated heterocycles. The number of aromatic hydroxyl groups is 1. The third kappa shape index (κ3) is 4.54. The Balaban J connectivity index is 2.68. The van der Waals surface area contributed by atoms with Crippen molar-refractivity contribution in [2.24, 2.45) is 0 Å². The Hall–Kier alpha value is -1.27. The molecule has 0 fully saturated rings. The van der Waals surface area contributed by atoms with Gasteiger partial charge in [0, 0.05) is 5.56 Å². The van der Waals surface area contributed by atoms with E-state index in [9.17, 15) is 13.5 Å². The zero-order valence-corrected chi connectivity index (χ0v) is 11.6. The molecule has 1 aromatic carbocycles. The third-order valence-electron chi connectivity index (χ3n) is 2.37. The number of phenolic OH excluding ortho intramolecular Hbond substituents is 1. The fourth-order valence-corrected chi connectivity index (χ4v) is 2.32. The number of phenols is 1. The topological polar surface area (TPSA) is 75.6 Å². The number of nitrogens with one attached hydrogen (secondary N) is 1. The van der Waals surface area contributed by atoms with Crippen LogP contribution in [-0.4, -0.2) is 32.0 Å². The summed E-state index contributed by atoms with van der Waals surface area (Å²) in [5.74, 6) is -0.0473. The van der Waals surface area contributed by atoms with Gasteiger partial charge in [0.15, 0.2) is 0 Å². The van der Waals surface area contributed by atoms with Crippen LogP contribution in [-0.2, 0) is 14.8 Å². The average molecular weight is 273 g/mol. The van der Waals surface area contributed by atoms with Crippen LogP contribution in [0.15, 0.2) is 18.2 Å². The van der Waals surface area contributed by atoms with E-state index >= 15 is 0 Å². The molecule has 1 aromatic rings. The summed E-state index contributed by atoms with van der Waals surface area (Å²) < 4.78 is 31.2. The zero-order valence-electron chi connectivity index (χ0n) is 10.8. The van der Waals surface area contributed by atoms with Gasteiger partial charge in [0.25, 0.3) is 0 Å². The second kappa shape index (κ2) is 6.06. The van der Waals surface area contributed by atoms with Crippen molar-refractivity contribution in [2.75, 3.05) is 17.1 Å². The predicted molar refractivity (Wildman–Crippen MR) is 71.3 cm³/mol. The summed E-state index contributed by atoms with van der Waals surface area (Å²) in [7, 11) is -3.46. The largest absolute Gasteiger partial charge is 0.508 e. The van der Waals surface area contributed by atoms with Crippen LogP contribution in [0.3, 0.4) is 0 Å². The Labute approximate surface area is 108 Å². The molecule has 2 N–H and O–H groups in total. The summed E-state index contributed by atoms with van der Waals surface area (Å²) in [4.78, 5) is 0. The van der Waals surface area contributed by atoms with Gasteiger partial charge in [-0.25, -0.2) is 8.42 Å². The van der Waals surface area contributed by atoms with Crippen LogP contribution in [0.4, 0.5) is 5.69 Å². The lowest BCUT2D eigenvalue weighted by molar-refractivity contribution is 0.0913. The molecule has 0 saturated carbocycles. The van der Waals surface area contributed by atoms with Gasteiger partial charge < -0.3 is 9.84 Å². The molecule has 0 unspecified atom stereocenters. The van der Waals surface area contributed by atoms with Gasteiger partial charge in [0.2, 0.25) is 10.0 Å². The molecular weight excluding hydrogens is 254 g/mol. The minimum absolute atomic E-state index is 0.00251. The van der Waals surface area contributed by atoms with Crippen molar-refractivity contribution in [1.82, 2.24) is 0 Å². The first-order chi connectivity index (χ1) is 8.32. The van der Waals surface area contributed by atoms with E-state index in [0.717, 1.165) is 0 Å². The summed E-state index contributed by atoms with van der Waals surface area (Å²) in [5.41, 5.74) is 0.894. The third-order valence-corrected chi connectivity index (χ3v) is 3.61. The van der Waals surface area contributed by atoms with Crippen molar-refractivity contribution in [2.45, 2.75) is 26.9 Å². The molecule has 0 bridgehead atoms. The van der Waals surface area contributed by atoms with Crippen molar-refractivity contribution in [3.63, 3.8) is 0 Å². The maximum atomic E-state index is 11.8. The molecule has 0 atom stereocenters. The lowest BCUT2D eigenvalue weighted by Crippen LogP contribution is -2.21. The molecule has 18 heavy (non-hydrogen) atoms. The van der Waals surface area contributed by atoms with Gasteiger partial charge in [-0.1, -0.05) is 6.07 Å². The van der Waals surface area contributed by atoms with Crippen molar-refractivity contribution in [3.8, 4) is 5.75 Å². The van der Waals surface area contributed by atoms with Crippen molar-refractivity contribution < 1.29 is 18.3 Å². The van der Waals surface area contributed by atoms with Crippen LogP contribution in [0.2, 0.25) is 0 Å². The van der Waals surface area contributed by atoms with Gasteiger partial charge >= 0.3 is 0 Å². The maximum absolute atomic E-state index is 11.8. The number of anilines is 1. The molecule has 0 radical (unpaired) electrons. The predicted octanol–water partition coefficient (Wildman–Crippen LogP) is 1.87. The van der Waals surface area contributed by atoms with E-state index in [4.69, 9.17) is 4.74 Å². The van der Waals surface area contributed by atoms with Crippen LogP contribution in [0, 0.1) is 6.92 Å². The highest BCUT2D eigenvalue weighted by Crippen LogP contribution is 2.24. The Kier molecular flexibility index (Phi) is 4.98. The normalized spacial score (nSPS) is 11.8. The smallest absolute Gasteiger partial charge is 0.235 e. The lowest BCUT2D eigenvalue weighted by Gasteiger charge is -2.12. The fourth-order valence-electron chi connectivity index (χ4n) is 1.35. The molecular formula is C12H19NO4S. The SMILES string of the molecule is Cc1c(O)cccc1NS(=O)(=O)CCOC(C)C. The number of sulfonamides is 1. The first kappa shape index (κ1) is 14.8. The quantitative estimate of drug-likeness (QED) is 0.829. The van der Waals surface area contributed by atoms with E-state index in [2.05, 4.69) is 4.72 Å². The van der Waals surface area contributed by atoms with Gasteiger partial charge in [0.1, 0.15) is 5.75 Å². The molecule has 1 rings (SSSR count). The summed E-state index contributed by atoms with van der Waals surface area (Å²) in [6, 6.07) is 4.70. The van der Waals surface area contributed by atoms with E-state index in [0.29, 0.717) is 11.3 Å². The number of benzene rings is 1. The van der Waals surface area contributed by atoms with Gasteiger partial charge in [0.05, 0.1) is 24.2 Å². The molecule has 0 aliphatic rings. The zero-order chi connectivity index (χ0) is 13.8. The van der Waals surface area contributed by atoms with E-state index < -0.39 is 10.0 Å². The average Bonchev–Trinajstić information content (AvgIpc) is 2.23. The molecule has 0 aliphatic carbocycles. The van der Waals surface area contributed by atoms with Crippen LogP contribution in [0.1, 0.15) is 19.4 Å². The Morgan fingerprint density at radius 3 is 2.67 bits per heavy atom. The summed E-state index contributed by atoms with van der Waals surface area (Å²) in [6.45, 7) is 5.49. The number of ether oxygens (including phenoxy) is 1. The number of rotatable bonds is 6. The van der Waals surface area contributed by atoms with Gasteiger partial charge in [-0.2, -0.15) is 0 Å². The molecule has 0 aliphatic heterocycles. The van der Waals surface area contributed by atoms with E-state index in [1.165, 1.54) is 6.07 Å². The summed E-state index contributed by atoms with van der Waals surface area (Å²) in [6.07, 6.45) is 0.00251. The van der Waals surface area contributed by atoms with Crippen molar-refractivity contribution in [3.05, 3.63) is 23.8 Å².